The molecule has 4 heterocycles. The van der Waals surface area contributed by atoms with Gasteiger partial charge in [0.05, 0.1) is 23.8 Å². The third kappa shape index (κ3) is 3.17. The van der Waals surface area contributed by atoms with Crippen molar-refractivity contribution in [3.8, 4) is 16.9 Å². The Morgan fingerprint density at radius 2 is 1.93 bits per heavy atom. The van der Waals surface area contributed by atoms with Crippen molar-refractivity contribution in [1.29, 1.82) is 0 Å². The Hall–Kier alpha value is -3.46. The van der Waals surface area contributed by atoms with Crippen LogP contribution in [-0.4, -0.2) is 26.1 Å². The highest BCUT2D eigenvalue weighted by Gasteiger charge is 2.32. The largest absolute Gasteiger partial charge is 0.434 e. The molecule has 0 saturated heterocycles. The van der Waals surface area contributed by atoms with Crippen LogP contribution in [-0.2, 0) is 19.1 Å². The maximum Gasteiger partial charge on any atom is 0.434 e. The summed E-state index contributed by atoms with van der Waals surface area (Å²) >= 11 is 0. The SMILES string of the molecule is O=c1cc(-c2cnc(C(F)(F)F)cn2)ccn1-c1ccc2c3c([nH]c2c1)CCNC3. The zero-order chi connectivity index (χ0) is 20.9. The summed E-state index contributed by atoms with van der Waals surface area (Å²) in [5.74, 6) is 0. The zero-order valence-corrected chi connectivity index (χ0v) is 15.6. The van der Waals surface area contributed by atoms with Gasteiger partial charge in [0.15, 0.2) is 5.69 Å². The zero-order valence-electron chi connectivity index (χ0n) is 15.6. The first kappa shape index (κ1) is 18.6. The number of rotatable bonds is 2. The van der Waals surface area contributed by atoms with Gasteiger partial charge in [-0.2, -0.15) is 13.2 Å². The summed E-state index contributed by atoms with van der Waals surface area (Å²) in [7, 11) is 0. The van der Waals surface area contributed by atoms with Crippen molar-refractivity contribution in [2.45, 2.75) is 19.1 Å². The minimum absolute atomic E-state index is 0.201. The van der Waals surface area contributed by atoms with Crippen molar-refractivity contribution in [1.82, 2.24) is 24.8 Å². The summed E-state index contributed by atoms with van der Waals surface area (Å²) in [6.45, 7) is 1.75. The first-order chi connectivity index (χ1) is 14.4. The van der Waals surface area contributed by atoms with Crippen molar-refractivity contribution in [2.75, 3.05) is 6.54 Å². The number of nitrogens with one attached hydrogen (secondary N) is 2. The van der Waals surface area contributed by atoms with Gasteiger partial charge in [0.25, 0.3) is 5.56 Å². The molecular weight excluding hydrogens is 395 g/mol. The second-order valence-corrected chi connectivity index (χ2v) is 7.15. The van der Waals surface area contributed by atoms with E-state index in [1.54, 1.807) is 12.3 Å². The van der Waals surface area contributed by atoms with Crippen LogP contribution in [0.2, 0.25) is 0 Å². The number of pyridine rings is 1. The van der Waals surface area contributed by atoms with Crippen molar-refractivity contribution in [3.05, 3.63) is 76.2 Å². The molecule has 2 N–H and O–H groups in total. The van der Waals surface area contributed by atoms with E-state index in [2.05, 4.69) is 20.3 Å². The Kier molecular flexibility index (Phi) is 4.21. The summed E-state index contributed by atoms with van der Waals surface area (Å²) in [6, 6.07) is 8.77. The number of benzene rings is 1. The highest BCUT2D eigenvalue weighted by Crippen LogP contribution is 2.28. The average Bonchev–Trinajstić information content (AvgIpc) is 3.11. The van der Waals surface area contributed by atoms with Gasteiger partial charge < -0.3 is 10.3 Å². The second kappa shape index (κ2) is 6.81. The molecule has 1 aliphatic rings. The van der Waals surface area contributed by atoms with E-state index in [9.17, 15) is 18.0 Å². The second-order valence-electron chi connectivity index (χ2n) is 7.15. The van der Waals surface area contributed by atoms with Gasteiger partial charge in [0.1, 0.15) is 0 Å². The maximum atomic E-state index is 12.7. The molecule has 0 amide bonds. The summed E-state index contributed by atoms with van der Waals surface area (Å²) in [4.78, 5) is 23.3. The molecule has 0 spiro atoms. The summed E-state index contributed by atoms with van der Waals surface area (Å²) in [5, 5.41) is 4.49. The smallest absolute Gasteiger partial charge is 0.358 e. The number of aromatic nitrogens is 4. The molecule has 0 bridgehead atoms. The molecule has 6 nitrogen and oxygen atoms in total. The number of hydrogen-bond acceptors (Lipinski definition) is 4. The van der Waals surface area contributed by atoms with Crippen LogP contribution in [0.25, 0.3) is 27.8 Å². The first-order valence-electron chi connectivity index (χ1n) is 9.37. The van der Waals surface area contributed by atoms with E-state index < -0.39 is 11.9 Å². The highest BCUT2D eigenvalue weighted by molar-refractivity contribution is 5.86. The lowest BCUT2D eigenvalue weighted by Gasteiger charge is -2.12. The van der Waals surface area contributed by atoms with E-state index in [4.69, 9.17) is 0 Å². The van der Waals surface area contributed by atoms with Gasteiger partial charge in [-0.15, -0.1) is 0 Å². The molecule has 0 radical (unpaired) electrons. The van der Waals surface area contributed by atoms with Crippen molar-refractivity contribution in [2.24, 2.45) is 0 Å². The molecule has 3 aromatic heterocycles. The predicted molar refractivity (Wildman–Crippen MR) is 105 cm³/mol. The molecule has 0 atom stereocenters. The fraction of sp³-hybridized carbons (Fsp3) is 0.190. The van der Waals surface area contributed by atoms with E-state index in [1.807, 2.05) is 18.2 Å². The average molecular weight is 411 g/mol. The summed E-state index contributed by atoms with van der Waals surface area (Å²) in [5.41, 5.74) is 3.35. The molecular formula is C21H16F3N5O. The molecule has 0 fully saturated rings. The molecule has 9 heteroatoms. The summed E-state index contributed by atoms with van der Waals surface area (Å²) in [6.07, 6.45) is -0.354. The Morgan fingerprint density at radius 3 is 2.67 bits per heavy atom. The van der Waals surface area contributed by atoms with Crippen LogP contribution in [0.3, 0.4) is 0 Å². The number of fused-ring (bicyclic) bond motifs is 3. The number of halogens is 3. The molecule has 0 unspecified atom stereocenters. The monoisotopic (exact) mass is 411 g/mol. The van der Waals surface area contributed by atoms with Gasteiger partial charge in [-0.25, -0.2) is 4.98 Å². The number of H-pyrrole nitrogens is 1. The topological polar surface area (TPSA) is 75.6 Å². The van der Waals surface area contributed by atoms with Gasteiger partial charge >= 0.3 is 6.18 Å². The van der Waals surface area contributed by atoms with E-state index in [0.717, 1.165) is 36.6 Å². The minimum atomic E-state index is -4.55. The lowest BCUT2D eigenvalue weighted by molar-refractivity contribution is -0.141. The van der Waals surface area contributed by atoms with Crippen LogP contribution < -0.4 is 10.9 Å². The number of nitrogens with zero attached hydrogens (tertiary/aromatic N) is 3. The lowest BCUT2D eigenvalue weighted by atomic mass is 10.1. The van der Waals surface area contributed by atoms with Crippen LogP contribution in [0.4, 0.5) is 13.2 Å². The Morgan fingerprint density at radius 1 is 1.07 bits per heavy atom. The minimum Gasteiger partial charge on any atom is -0.358 e. The van der Waals surface area contributed by atoms with Gasteiger partial charge in [-0.3, -0.25) is 14.3 Å². The van der Waals surface area contributed by atoms with Crippen LogP contribution >= 0.6 is 0 Å². The van der Waals surface area contributed by atoms with E-state index in [1.165, 1.54) is 21.9 Å². The quantitative estimate of drug-likeness (QED) is 0.530. The number of alkyl halides is 3. The van der Waals surface area contributed by atoms with E-state index in [-0.39, 0.29) is 11.3 Å². The standard InChI is InChI=1S/C21H16F3N5O/c22-21(23,24)19-11-26-18(10-27-19)12-4-6-29(20(30)7-12)13-1-2-14-15-9-25-5-3-16(15)28-17(14)8-13/h1-2,4,6-8,10-11,25,28H,3,5,9H2. The third-order valence-electron chi connectivity index (χ3n) is 5.27. The van der Waals surface area contributed by atoms with Gasteiger partial charge in [-0.1, -0.05) is 6.07 Å². The van der Waals surface area contributed by atoms with Crippen LogP contribution in [0, 0.1) is 0 Å². The van der Waals surface area contributed by atoms with Gasteiger partial charge in [0.2, 0.25) is 0 Å². The summed E-state index contributed by atoms with van der Waals surface area (Å²) < 4.78 is 39.4. The molecule has 5 rings (SSSR count). The van der Waals surface area contributed by atoms with E-state index >= 15 is 0 Å². The van der Waals surface area contributed by atoms with Crippen LogP contribution in [0.15, 0.2) is 53.7 Å². The van der Waals surface area contributed by atoms with Crippen molar-refractivity contribution in [3.63, 3.8) is 0 Å². The molecule has 30 heavy (non-hydrogen) atoms. The predicted octanol–water partition coefficient (Wildman–Crippen LogP) is 3.44. The Labute approximate surface area is 168 Å². The maximum absolute atomic E-state index is 12.7. The van der Waals surface area contributed by atoms with Crippen molar-refractivity contribution >= 4 is 10.9 Å². The van der Waals surface area contributed by atoms with Crippen molar-refractivity contribution < 1.29 is 13.2 Å². The Bertz CT molecular complexity index is 1310. The van der Waals surface area contributed by atoms with Crippen LogP contribution in [0.1, 0.15) is 17.0 Å². The number of aromatic amines is 1. The molecule has 0 aliphatic carbocycles. The molecule has 1 aliphatic heterocycles. The fourth-order valence-electron chi connectivity index (χ4n) is 3.77. The normalized spacial score (nSPS) is 14.1. The highest BCUT2D eigenvalue weighted by atomic mass is 19.4. The third-order valence-corrected chi connectivity index (χ3v) is 5.27. The Balaban J connectivity index is 1.50. The van der Waals surface area contributed by atoms with E-state index in [0.29, 0.717) is 17.4 Å². The molecule has 4 aromatic rings. The molecule has 1 aromatic carbocycles. The van der Waals surface area contributed by atoms with Gasteiger partial charge in [0, 0.05) is 53.9 Å². The van der Waals surface area contributed by atoms with Gasteiger partial charge in [-0.05, 0) is 23.8 Å². The first-order valence-corrected chi connectivity index (χ1v) is 9.37. The number of hydrogen-bond donors (Lipinski definition) is 2. The fourth-order valence-corrected chi connectivity index (χ4v) is 3.77. The van der Waals surface area contributed by atoms with Crippen LogP contribution in [0.5, 0.6) is 0 Å². The lowest BCUT2D eigenvalue weighted by Crippen LogP contribution is -2.22. The molecule has 0 saturated carbocycles. The molecule has 152 valence electrons.